The Labute approximate surface area is 114 Å². The first-order valence-electron chi connectivity index (χ1n) is 5.98. The summed E-state index contributed by atoms with van der Waals surface area (Å²) in [7, 11) is 0. The van der Waals surface area contributed by atoms with Crippen molar-refractivity contribution >= 4 is 22.8 Å². The second kappa shape index (κ2) is 4.65. The van der Waals surface area contributed by atoms with Crippen LogP contribution in [0.15, 0.2) is 10.9 Å². The van der Waals surface area contributed by atoms with Crippen molar-refractivity contribution in [2.24, 2.45) is 0 Å². The predicted molar refractivity (Wildman–Crippen MR) is 68.9 cm³/mol. The molecule has 0 amide bonds. The molecule has 0 saturated heterocycles. The van der Waals surface area contributed by atoms with Gasteiger partial charge in [-0.25, -0.2) is 9.67 Å². The summed E-state index contributed by atoms with van der Waals surface area (Å²) in [6.07, 6.45) is 1.31. The van der Waals surface area contributed by atoms with Crippen molar-refractivity contribution in [3.05, 3.63) is 23.7 Å². The molecule has 0 radical (unpaired) electrons. The summed E-state index contributed by atoms with van der Waals surface area (Å²) < 4.78 is 8.65. The zero-order valence-electron chi connectivity index (χ0n) is 10.7. The van der Waals surface area contributed by atoms with E-state index in [0.29, 0.717) is 18.2 Å². The standard InChI is InChI=1S/C11H13ClN6O/c1-3-18-11-10(7(2)15-18)14-9(4-12)17(11)5-8-13-6-19-16-8/h6H,3-5H2,1-2H3. The quantitative estimate of drug-likeness (QED) is 0.681. The monoisotopic (exact) mass is 280 g/mol. The molecule has 0 saturated carbocycles. The molecule has 19 heavy (non-hydrogen) atoms. The first-order chi connectivity index (χ1) is 9.24. The minimum atomic E-state index is 0.329. The summed E-state index contributed by atoms with van der Waals surface area (Å²) in [5.74, 6) is 1.70. The summed E-state index contributed by atoms with van der Waals surface area (Å²) in [4.78, 5) is 8.58. The molecule has 0 aliphatic carbocycles. The molecule has 0 spiro atoms. The van der Waals surface area contributed by atoms with Gasteiger partial charge in [-0.05, 0) is 13.8 Å². The summed E-state index contributed by atoms with van der Waals surface area (Å²) >= 11 is 5.97. The average molecular weight is 281 g/mol. The maximum absolute atomic E-state index is 5.97. The van der Waals surface area contributed by atoms with Crippen LogP contribution in [0.5, 0.6) is 0 Å². The molecule has 8 heteroatoms. The van der Waals surface area contributed by atoms with Crippen molar-refractivity contribution in [1.29, 1.82) is 0 Å². The Kier molecular flexibility index (Phi) is 2.98. The van der Waals surface area contributed by atoms with Crippen LogP contribution < -0.4 is 0 Å². The van der Waals surface area contributed by atoms with Crippen molar-refractivity contribution in [2.45, 2.75) is 32.8 Å². The number of halogens is 1. The van der Waals surface area contributed by atoms with Gasteiger partial charge in [0.05, 0.1) is 18.1 Å². The van der Waals surface area contributed by atoms with Crippen LogP contribution in [-0.2, 0) is 19.0 Å². The van der Waals surface area contributed by atoms with Gasteiger partial charge in [-0.2, -0.15) is 10.1 Å². The fourth-order valence-corrected chi connectivity index (χ4v) is 2.37. The Morgan fingerprint density at radius 1 is 1.42 bits per heavy atom. The number of rotatable bonds is 4. The van der Waals surface area contributed by atoms with Gasteiger partial charge in [-0.1, -0.05) is 5.16 Å². The number of alkyl halides is 1. The van der Waals surface area contributed by atoms with Gasteiger partial charge in [0.2, 0.25) is 6.39 Å². The van der Waals surface area contributed by atoms with Crippen LogP contribution in [0, 0.1) is 6.92 Å². The molecule has 7 nitrogen and oxygen atoms in total. The van der Waals surface area contributed by atoms with E-state index in [0.717, 1.165) is 29.2 Å². The van der Waals surface area contributed by atoms with Crippen LogP contribution in [-0.4, -0.2) is 29.5 Å². The number of aryl methyl sites for hydroxylation is 2. The Morgan fingerprint density at radius 2 is 2.26 bits per heavy atom. The zero-order valence-corrected chi connectivity index (χ0v) is 11.4. The highest BCUT2D eigenvalue weighted by Crippen LogP contribution is 2.21. The highest BCUT2D eigenvalue weighted by Gasteiger charge is 2.18. The number of fused-ring (bicyclic) bond motifs is 1. The molecule has 3 rings (SSSR count). The van der Waals surface area contributed by atoms with Crippen molar-refractivity contribution in [1.82, 2.24) is 29.5 Å². The molecule has 3 heterocycles. The molecule has 0 atom stereocenters. The third-order valence-electron chi connectivity index (χ3n) is 3.00. The van der Waals surface area contributed by atoms with Crippen molar-refractivity contribution < 1.29 is 4.52 Å². The lowest BCUT2D eigenvalue weighted by atomic mass is 10.4. The molecule has 3 aromatic heterocycles. The van der Waals surface area contributed by atoms with E-state index in [2.05, 4.69) is 20.2 Å². The Balaban J connectivity index is 2.19. The highest BCUT2D eigenvalue weighted by atomic mass is 35.5. The Bertz CT molecular complexity index is 698. The first-order valence-corrected chi connectivity index (χ1v) is 6.51. The molecule has 0 N–H and O–H groups in total. The van der Waals surface area contributed by atoms with E-state index in [1.165, 1.54) is 6.39 Å². The largest absolute Gasteiger partial charge is 0.343 e. The van der Waals surface area contributed by atoms with Gasteiger partial charge >= 0.3 is 0 Å². The fourth-order valence-electron chi connectivity index (χ4n) is 2.16. The van der Waals surface area contributed by atoms with Gasteiger partial charge in [0.25, 0.3) is 0 Å². The second-order valence-electron chi connectivity index (χ2n) is 4.17. The van der Waals surface area contributed by atoms with Crippen molar-refractivity contribution in [3.63, 3.8) is 0 Å². The molecule has 3 aromatic rings. The van der Waals surface area contributed by atoms with Crippen LogP contribution in [0.1, 0.15) is 24.3 Å². The van der Waals surface area contributed by atoms with Crippen molar-refractivity contribution in [3.8, 4) is 0 Å². The maximum atomic E-state index is 5.97. The molecule has 0 bridgehead atoms. The van der Waals surface area contributed by atoms with E-state index in [1.54, 1.807) is 0 Å². The molecule has 0 fully saturated rings. The normalized spacial score (nSPS) is 11.5. The number of hydrogen-bond donors (Lipinski definition) is 0. The van der Waals surface area contributed by atoms with E-state index < -0.39 is 0 Å². The van der Waals surface area contributed by atoms with Crippen LogP contribution in [0.4, 0.5) is 0 Å². The molecule has 0 aliphatic heterocycles. The van der Waals surface area contributed by atoms with E-state index in [1.807, 2.05) is 23.1 Å². The number of imidazole rings is 1. The Hall–Kier alpha value is -1.89. The van der Waals surface area contributed by atoms with E-state index in [-0.39, 0.29) is 0 Å². The maximum Gasteiger partial charge on any atom is 0.213 e. The minimum absolute atomic E-state index is 0.329. The van der Waals surface area contributed by atoms with Gasteiger partial charge in [-0.15, -0.1) is 11.6 Å². The number of aromatic nitrogens is 6. The van der Waals surface area contributed by atoms with Gasteiger partial charge in [-0.3, -0.25) is 0 Å². The molecule has 0 unspecified atom stereocenters. The predicted octanol–water partition coefficient (Wildman–Crippen LogP) is 1.73. The van der Waals surface area contributed by atoms with Crippen LogP contribution >= 0.6 is 11.6 Å². The summed E-state index contributed by atoms with van der Waals surface area (Å²) in [5, 5.41) is 8.29. The van der Waals surface area contributed by atoms with Crippen LogP contribution in [0.2, 0.25) is 0 Å². The average Bonchev–Trinajstić information content (AvgIpc) is 3.09. The van der Waals surface area contributed by atoms with E-state index >= 15 is 0 Å². The smallest absolute Gasteiger partial charge is 0.213 e. The zero-order chi connectivity index (χ0) is 13.4. The van der Waals surface area contributed by atoms with Gasteiger partial charge < -0.3 is 9.09 Å². The lowest BCUT2D eigenvalue weighted by Gasteiger charge is -2.06. The highest BCUT2D eigenvalue weighted by molar-refractivity contribution is 6.16. The lowest BCUT2D eigenvalue weighted by Crippen LogP contribution is -2.09. The minimum Gasteiger partial charge on any atom is -0.343 e. The SMILES string of the molecule is CCn1nc(C)c2nc(CCl)n(Cc3ncon3)c21. The summed E-state index contributed by atoms with van der Waals surface area (Å²) in [6.45, 7) is 5.22. The number of nitrogens with zero attached hydrogens (tertiary/aromatic N) is 6. The van der Waals surface area contributed by atoms with Gasteiger partial charge in [0.15, 0.2) is 11.5 Å². The molecule has 100 valence electrons. The molecule has 0 aromatic carbocycles. The van der Waals surface area contributed by atoms with E-state index in [4.69, 9.17) is 16.1 Å². The van der Waals surface area contributed by atoms with Gasteiger partial charge in [0, 0.05) is 6.54 Å². The Morgan fingerprint density at radius 3 is 2.89 bits per heavy atom. The lowest BCUT2D eigenvalue weighted by molar-refractivity contribution is 0.408. The summed E-state index contributed by atoms with van der Waals surface area (Å²) in [5.41, 5.74) is 2.72. The first kappa shape index (κ1) is 12.2. The molecular formula is C11H13ClN6O. The van der Waals surface area contributed by atoms with Crippen LogP contribution in [0.25, 0.3) is 11.2 Å². The second-order valence-corrected chi connectivity index (χ2v) is 4.44. The van der Waals surface area contributed by atoms with Crippen molar-refractivity contribution in [2.75, 3.05) is 0 Å². The fraction of sp³-hybridized carbons (Fsp3) is 0.455. The molecular weight excluding hydrogens is 268 g/mol. The van der Waals surface area contributed by atoms with Crippen LogP contribution in [0.3, 0.4) is 0 Å². The third-order valence-corrected chi connectivity index (χ3v) is 3.24. The number of hydrogen-bond acceptors (Lipinski definition) is 5. The van der Waals surface area contributed by atoms with E-state index in [9.17, 15) is 0 Å². The molecule has 0 aliphatic rings. The van der Waals surface area contributed by atoms with Gasteiger partial charge in [0.1, 0.15) is 11.3 Å². The topological polar surface area (TPSA) is 74.6 Å². The third kappa shape index (κ3) is 1.90. The summed E-state index contributed by atoms with van der Waals surface area (Å²) in [6, 6.07) is 0.